The summed E-state index contributed by atoms with van der Waals surface area (Å²) in [7, 11) is 1.65. The van der Waals surface area contributed by atoms with Crippen LogP contribution >= 0.6 is 7.82 Å². The molecule has 0 rings (SSSR count). The SMILES string of the molecule is CCCCCC/C=C\C/C=C\CCCCCCCCOCC(COP(=O)(O)OCC[N+](C)(C)C)OC(=O)CCCCCCC/C=C\CCCCCC. The van der Waals surface area contributed by atoms with Gasteiger partial charge in [0.25, 0.3) is 0 Å². The summed E-state index contributed by atoms with van der Waals surface area (Å²) in [5, 5.41) is 0. The highest BCUT2D eigenvalue weighted by Crippen LogP contribution is 2.43. The van der Waals surface area contributed by atoms with Crippen LogP contribution in [-0.4, -0.2) is 75.6 Å². The molecule has 0 aliphatic carbocycles. The lowest BCUT2D eigenvalue weighted by molar-refractivity contribution is -0.870. The predicted octanol–water partition coefficient (Wildman–Crippen LogP) is 12.2. The third kappa shape index (κ3) is 39.9. The van der Waals surface area contributed by atoms with Crippen molar-refractivity contribution in [3.63, 3.8) is 0 Å². The Balaban J connectivity index is 4.28. The molecule has 1 N–H and O–H groups in total. The van der Waals surface area contributed by atoms with E-state index in [2.05, 4.69) is 50.3 Å². The number of phosphoric ester groups is 1. The van der Waals surface area contributed by atoms with Gasteiger partial charge in [0.15, 0.2) is 0 Å². The molecular weight excluding hydrogens is 673 g/mol. The molecule has 0 aliphatic rings. The van der Waals surface area contributed by atoms with Crippen LogP contribution in [0.1, 0.15) is 174 Å². The topological polar surface area (TPSA) is 91.3 Å². The smallest absolute Gasteiger partial charge is 0.457 e. The molecule has 0 spiro atoms. The van der Waals surface area contributed by atoms with Crippen LogP contribution in [0.2, 0.25) is 0 Å². The number of allylic oxidation sites excluding steroid dienone is 6. The van der Waals surface area contributed by atoms with E-state index in [1.54, 1.807) is 0 Å². The van der Waals surface area contributed by atoms with E-state index in [1.807, 2.05) is 21.1 Å². The molecule has 0 saturated heterocycles. The van der Waals surface area contributed by atoms with Crippen molar-refractivity contribution in [2.24, 2.45) is 0 Å². The van der Waals surface area contributed by atoms with Crippen molar-refractivity contribution in [3.05, 3.63) is 36.5 Å². The lowest BCUT2D eigenvalue weighted by Crippen LogP contribution is -2.37. The van der Waals surface area contributed by atoms with E-state index in [1.165, 1.54) is 96.3 Å². The van der Waals surface area contributed by atoms with Crippen molar-refractivity contribution in [1.82, 2.24) is 0 Å². The second-order valence-corrected chi connectivity index (χ2v) is 16.8. The highest BCUT2D eigenvalue weighted by Gasteiger charge is 2.26. The quantitative estimate of drug-likeness (QED) is 0.0219. The summed E-state index contributed by atoms with van der Waals surface area (Å²) in [6.45, 7) is 5.55. The summed E-state index contributed by atoms with van der Waals surface area (Å²) in [6.07, 6.45) is 41.7. The molecule has 52 heavy (non-hydrogen) atoms. The van der Waals surface area contributed by atoms with E-state index in [-0.39, 0.29) is 25.8 Å². The molecule has 0 aromatic heterocycles. The molecule has 2 unspecified atom stereocenters. The maximum atomic E-state index is 12.6. The molecule has 0 aliphatic heterocycles. The summed E-state index contributed by atoms with van der Waals surface area (Å²) in [5.74, 6) is -0.328. The Kier molecular flexibility index (Phi) is 35.8. The molecule has 8 nitrogen and oxygen atoms in total. The molecule has 2 atom stereocenters. The van der Waals surface area contributed by atoms with Crippen LogP contribution in [0.15, 0.2) is 36.5 Å². The maximum Gasteiger partial charge on any atom is 0.472 e. The van der Waals surface area contributed by atoms with Gasteiger partial charge in [0.2, 0.25) is 0 Å². The zero-order valence-corrected chi connectivity index (χ0v) is 35.4. The number of rotatable bonds is 39. The summed E-state index contributed by atoms with van der Waals surface area (Å²) in [6, 6.07) is 0. The van der Waals surface area contributed by atoms with Crippen LogP contribution in [0.5, 0.6) is 0 Å². The third-order valence-electron chi connectivity index (χ3n) is 8.92. The van der Waals surface area contributed by atoms with Crippen molar-refractivity contribution in [1.29, 1.82) is 0 Å². The largest absolute Gasteiger partial charge is 0.472 e. The number of quaternary nitrogens is 1. The van der Waals surface area contributed by atoms with E-state index < -0.39 is 13.9 Å². The monoisotopic (exact) mass is 757 g/mol. The molecule has 0 aromatic rings. The number of esters is 1. The van der Waals surface area contributed by atoms with Crippen molar-refractivity contribution in [2.75, 3.05) is 54.1 Å². The molecular formula is C43H83NO7P+. The molecule has 9 heteroatoms. The van der Waals surface area contributed by atoms with Gasteiger partial charge >= 0.3 is 13.8 Å². The van der Waals surface area contributed by atoms with Gasteiger partial charge in [-0.3, -0.25) is 13.8 Å². The summed E-state index contributed by atoms with van der Waals surface area (Å²) in [4.78, 5) is 22.8. The van der Waals surface area contributed by atoms with E-state index in [0.29, 0.717) is 24.1 Å². The van der Waals surface area contributed by atoms with Crippen molar-refractivity contribution >= 4 is 13.8 Å². The Hall–Kier alpha value is -1.28. The van der Waals surface area contributed by atoms with Crippen LogP contribution in [0.4, 0.5) is 0 Å². The van der Waals surface area contributed by atoms with Crippen molar-refractivity contribution in [2.45, 2.75) is 180 Å². The highest BCUT2D eigenvalue weighted by molar-refractivity contribution is 7.47. The van der Waals surface area contributed by atoms with Gasteiger partial charge in [0, 0.05) is 13.0 Å². The number of likely N-dealkylation sites (N-methyl/N-ethyl adjacent to an activating group) is 1. The zero-order chi connectivity index (χ0) is 38.4. The number of carbonyl (C=O) groups excluding carboxylic acids is 1. The first-order chi connectivity index (χ1) is 25.1. The summed E-state index contributed by atoms with van der Waals surface area (Å²) < 4.78 is 34.9. The van der Waals surface area contributed by atoms with Gasteiger partial charge in [-0.05, 0) is 70.6 Å². The fraction of sp³-hybridized carbons (Fsp3) is 0.837. The first kappa shape index (κ1) is 50.7. The number of unbranched alkanes of at least 4 members (excludes halogenated alkanes) is 19. The van der Waals surface area contributed by atoms with Gasteiger partial charge < -0.3 is 18.9 Å². The number of ether oxygens (including phenoxy) is 2. The first-order valence-electron chi connectivity index (χ1n) is 21.2. The Bertz CT molecular complexity index is 931. The third-order valence-corrected chi connectivity index (χ3v) is 9.91. The summed E-state index contributed by atoms with van der Waals surface area (Å²) in [5.41, 5.74) is 0. The molecule has 0 heterocycles. The van der Waals surface area contributed by atoms with Gasteiger partial charge in [0.05, 0.1) is 34.4 Å². The first-order valence-corrected chi connectivity index (χ1v) is 22.7. The number of hydrogen-bond donors (Lipinski definition) is 1. The summed E-state index contributed by atoms with van der Waals surface area (Å²) >= 11 is 0. The fourth-order valence-corrected chi connectivity index (χ4v) is 6.32. The fourth-order valence-electron chi connectivity index (χ4n) is 5.58. The van der Waals surface area contributed by atoms with Gasteiger partial charge in [-0.15, -0.1) is 0 Å². The zero-order valence-electron chi connectivity index (χ0n) is 34.5. The van der Waals surface area contributed by atoms with Crippen molar-refractivity contribution in [3.8, 4) is 0 Å². The molecule has 0 amide bonds. The van der Waals surface area contributed by atoms with E-state index in [9.17, 15) is 14.3 Å². The average Bonchev–Trinajstić information content (AvgIpc) is 3.09. The minimum Gasteiger partial charge on any atom is -0.457 e. The van der Waals surface area contributed by atoms with Crippen LogP contribution in [-0.2, 0) is 27.9 Å². The predicted molar refractivity (Wildman–Crippen MR) is 220 cm³/mol. The Morgan fingerprint density at radius 3 is 1.58 bits per heavy atom. The lowest BCUT2D eigenvalue weighted by atomic mass is 10.1. The Morgan fingerprint density at radius 1 is 0.596 bits per heavy atom. The highest BCUT2D eigenvalue weighted by atomic mass is 31.2. The normalized spacial score (nSPS) is 14.2. The Morgan fingerprint density at radius 2 is 1.06 bits per heavy atom. The van der Waals surface area contributed by atoms with Crippen LogP contribution in [0.3, 0.4) is 0 Å². The van der Waals surface area contributed by atoms with E-state index >= 15 is 0 Å². The number of hydrogen-bond acceptors (Lipinski definition) is 6. The van der Waals surface area contributed by atoms with Gasteiger partial charge in [-0.25, -0.2) is 4.57 Å². The molecule has 0 aromatic carbocycles. The van der Waals surface area contributed by atoms with Gasteiger partial charge in [0.1, 0.15) is 19.3 Å². The minimum absolute atomic E-state index is 0.0845. The molecule has 0 radical (unpaired) electrons. The lowest BCUT2D eigenvalue weighted by Gasteiger charge is -2.24. The maximum absolute atomic E-state index is 12.6. The average molecular weight is 757 g/mol. The van der Waals surface area contributed by atoms with Crippen LogP contribution < -0.4 is 0 Å². The molecule has 0 bridgehead atoms. The molecule has 306 valence electrons. The van der Waals surface area contributed by atoms with Crippen LogP contribution in [0, 0.1) is 0 Å². The molecule has 0 fully saturated rings. The van der Waals surface area contributed by atoms with E-state index in [0.717, 1.165) is 57.8 Å². The second-order valence-electron chi connectivity index (χ2n) is 15.4. The van der Waals surface area contributed by atoms with Gasteiger partial charge in [-0.1, -0.05) is 134 Å². The number of carbonyl (C=O) groups is 1. The van der Waals surface area contributed by atoms with Crippen molar-refractivity contribution < 1.29 is 37.3 Å². The number of phosphoric acid groups is 1. The standard InChI is InChI=1S/C43H82NO7P/c1-6-8-10-12-14-16-18-20-21-22-23-25-27-29-31-33-35-38-48-40-42(41-50-52(46,47)49-39-37-44(3,4)5)51-43(45)36-34-32-30-28-26-24-19-17-15-13-11-9-7-2/h16-19,21-22,42H,6-15,20,23-41H2,1-5H3/p+1/b18-16-,19-17-,22-21-. The Labute approximate surface area is 321 Å². The van der Waals surface area contributed by atoms with Crippen LogP contribution in [0.25, 0.3) is 0 Å². The van der Waals surface area contributed by atoms with E-state index in [4.69, 9.17) is 18.5 Å². The molecule has 0 saturated carbocycles. The minimum atomic E-state index is -4.28. The second kappa shape index (κ2) is 36.7. The van der Waals surface area contributed by atoms with Gasteiger partial charge in [-0.2, -0.15) is 0 Å². The number of nitrogens with zero attached hydrogens (tertiary/aromatic N) is 1.